The fourth-order valence-corrected chi connectivity index (χ4v) is 2.55. The molecule has 0 aliphatic rings. The van der Waals surface area contributed by atoms with E-state index in [4.69, 9.17) is 5.26 Å². The Morgan fingerprint density at radius 2 is 1.94 bits per heavy atom. The van der Waals surface area contributed by atoms with Crippen LogP contribution in [-0.4, -0.2) is 14.8 Å². The second-order valence-electron chi connectivity index (χ2n) is 3.31. The maximum absolute atomic E-state index is 11.3. The summed E-state index contributed by atoms with van der Waals surface area (Å²) in [5.74, 6) is 0. The first kappa shape index (κ1) is 12.9. The van der Waals surface area contributed by atoms with E-state index in [1.165, 1.54) is 0 Å². The van der Waals surface area contributed by atoms with E-state index in [0.717, 1.165) is 6.20 Å². The molecule has 0 bridgehead atoms. The average molecular weight is 240 g/mol. The van der Waals surface area contributed by atoms with E-state index in [1.807, 2.05) is 13.0 Å². The third-order valence-electron chi connectivity index (χ3n) is 2.40. The maximum Gasteiger partial charge on any atom is 0.358 e. The molecule has 1 aromatic heterocycles. The van der Waals surface area contributed by atoms with Crippen LogP contribution >= 0.6 is 7.60 Å². The van der Waals surface area contributed by atoms with Crippen molar-refractivity contribution in [2.75, 3.05) is 0 Å². The Balaban J connectivity index is 3.58. The number of hydrogen-bond acceptors (Lipinski definition) is 3. The van der Waals surface area contributed by atoms with Crippen molar-refractivity contribution in [1.82, 2.24) is 4.98 Å². The Morgan fingerprint density at radius 3 is 2.31 bits per heavy atom. The van der Waals surface area contributed by atoms with Gasteiger partial charge < -0.3 is 9.79 Å². The zero-order valence-electron chi connectivity index (χ0n) is 9.14. The van der Waals surface area contributed by atoms with Gasteiger partial charge in [0.05, 0.1) is 5.30 Å². The molecule has 5 nitrogen and oxygen atoms in total. The minimum Gasteiger partial charge on any atom is -0.321 e. The quantitative estimate of drug-likeness (QED) is 0.765. The minimum atomic E-state index is -4.31. The third-order valence-corrected chi connectivity index (χ3v) is 3.42. The largest absolute Gasteiger partial charge is 0.358 e. The molecular weight excluding hydrogens is 227 g/mol. The molecule has 0 fully saturated rings. The van der Waals surface area contributed by atoms with Gasteiger partial charge in [-0.3, -0.25) is 4.57 Å². The van der Waals surface area contributed by atoms with E-state index >= 15 is 0 Å². The summed E-state index contributed by atoms with van der Waals surface area (Å²) in [6, 6.07) is 1.94. The topological polar surface area (TPSA) is 94.2 Å². The highest BCUT2D eigenvalue weighted by Crippen LogP contribution is 2.35. The number of hydrogen-bond donors (Lipinski definition) is 2. The number of pyridine rings is 1. The van der Waals surface area contributed by atoms with Gasteiger partial charge in [-0.1, -0.05) is 13.8 Å². The van der Waals surface area contributed by atoms with E-state index in [2.05, 4.69) is 4.98 Å². The van der Waals surface area contributed by atoms with E-state index in [0.29, 0.717) is 24.0 Å². The lowest BCUT2D eigenvalue weighted by molar-refractivity contribution is 0.387. The molecule has 16 heavy (non-hydrogen) atoms. The summed E-state index contributed by atoms with van der Waals surface area (Å²) in [5.41, 5.74) is 1.42. The van der Waals surface area contributed by atoms with Crippen LogP contribution in [0.2, 0.25) is 0 Å². The molecule has 0 aromatic carbocycles. The van der Waals surface area contributed by atoms with Gasteiger partial charge in [-0.25, -0.2) is 4.98 Å². The van der Waals surface area contributed by atoms with Crippen molar-refractivity contribution in [3.8, 4) is 6.07 Å². The van der Waals surface area contributed by atoms with Crippen LogP contribution in [0.1, 0.15) is 30.7 Å². The van der Waals surface area contributed by atoms with Crippen LogP contribution in [0.4, 0.5) is 0 Å². The van der Waals surface area contributed by atoms with Crippen LogP contribution in [0.3, 0.4) is 0 Å². The lowest BCUT2D eigenvalue weighted by Gasteiger charge is -2.13. The standard InChI is InChI=1S/C10H13N2O3P/c1-3-7-8(4-2)10(16(13,14)15)6-12-9(7)5-11/h6H,3-4H2,1-2H3,(H2,13,14,15). The molecule has 2 N–H and O–H groups in total. The Labute approximate surface area is 93.9 Å². The molecule has 1 heterocycles. The van der Waals surface area contributed by atoms with Gasteiger partial charge in [-0.05, 0) is 24.0 Å². The molecule has 0 aliphatic heterocycles. The highest BCUT2D eigenvalue weighted by molar-refractivity contribution is 7.60. The summed E-state index contributed by atoms with van der Waals surface area (Å²) >= 11 is 0. The van der Waals surface area contributed by atoms with Crippen LogP contribution in [-0.2, 0) is 17.4 Å². The van der Waals surface area contributed by atoms with Gasteiger partial charge in [0.1, 0.15) is 11.8 Å². The minimum absolute atomic E-state index is 0.0640. The Bertz CT molecular complexity index is 488. The van der Waals surface area contributed by atoms with Crippen molar-refractivity contribution in [2.45, 2.75) is 26.7 Å². The molecule has 0 unspecified atom stereocenters. The van der Waals surface area contributed by atoms with Gasteiger partial charge in [0.25, 0.3) is 0 Å². The van der Waals surface area contributed by atoms with Crippen LogP contribution in [0.15, 0.2) is 6.20 Å². The van der Waals surface area contributed by atoms with Gasteiger partial charge >= 0.3 is 7.60 Å². The molecule has 0 amide bonds. The van der Waals surface area contributed by atoms with Crippen molar-refractivity contribution < 1.29 is 14.4 Å². The summed E-state index contributed by atoms with van der Waals surface area (Å²) in [4.78, 5) is 22.1. The van der Waals surface area contributed by atoms with Gasteiger partial charge in [0.2, 0.25) is 0 Å². The highest BCUT2D eigenvalue weighted by Gasteiger charge is 2.24. The second-order valence-corrected chi connectivity index (χ2v) is 4.88. The molecule has 0 atom stereocenters. The summed E-state index contributed by atoms with van der Waals surface area (Å²) in [6.45, 7) is 3.63. The van der Waals surface area contributed by atoms with E-state index in [1.54, 1.807) is 6.92 Å². The summed E-state index contributed by atoms with van der Waals surface area (Å²) in [6.07, 6.45) is 2.12. The number of rotatable bonds is 3. The molecule has 0 radical (unpaired) electrons. The zero-order chi connectivity index (χ0) is 12.3. The number of aromatic nitrogens is 1. The van der Waals surface area contributed by atoms with E-state index < -0.39 is 7.60 Å². The summed E-state index contributed by atoms with van der Waals surface area (Å²) in [5, 5.41) is 8.79. The number of nitriles is 1. The van der Waals surface area contributed by atoms with Gasteiger partial charge in [0.15, 0.2) is 0 Å². The first-order chi connectivity index (χ1) is 7.45. The Hall–Kier alpha value is -1.21. The molecule has 0 spiro atoms. The lowest BCUT2D eigenvalue weighted by Crippen LogP contribution is -2.16. The van der Waals surface area contributed by atoms with Crippen LogP contribution in [0, 0.1) is 11.3 Å². The molecule has 1 rings (SSSR count). The van der Waals surface area contributed by atoms with Gasteiger partial charge in [-0.2, -0.15) is 5.26 Å². The monoisotopic (exact) mass is 240 g/mol. The van der Waals surface area contributed by atoms with Gasteiger partial charge in [0, 0.05) is 6.20 Å². The lowest BCUT2D eigenvalue weighted by atomic mass is 10.0. The first-order valence-electron chi connectivity index (χ1n) is 4.92. The molecule has 1 aromatic rings. The molecule has 0 saturated carbocycles. The average Bonchev–Trinajstić information content (AvgIpc) is 2.25. The predicted molar refractivity (Wildman–Crippen MR) is 59.4 cm³/mol. The molecule has 86 valence electrons. The van der Waals surface area contributed by atoms with E-state index in [-0.39, 0.29) is 11.0 Å². The maximum atomic E-state index is 11.3. The van der Waals surface area contributed by atoms with Crippen molar-refractivity contribution >= 4 is 12.9 Å². The van der Waals surface area contributed by atoms with Crippen molar-refractivity contribution in [1.29, 1.82) is 5.26 Å². The Kier molecular flexibility index (Phi) is 3.82. The van der Waals surface area contributed by atoms with Gasteiger partial charge in [-0.15, -0.1) is 0 Å². The summed E-state index contributed by atoms with van der Waals surface area (Å²) < 4.78 is 11.3. The summed E-state index contributed by atoms with van der Waals surface area (Å²) in [7, 11) is -4.31. The fraction of sp³-hybridized carbons (Fsp3) is 0.400. The highest BCUT2D eigenvalue weighted by atomic mass is 31.2. The van der Waals surface area contributed by atoms with Crippen LogP contribution in [0.5, 0.6) is 0 Å². The number of nitrogens with zero attached hydrogens (tertiary/aromatic N) is 2. The molecule has 0 aliphatic carbocycles. The molecular formula is C10H13N2O3P. The third kappa shape index (κ3) is 2.30. The molecule has 6 heteroatoms. The molecule has 0 saturated heterocycles. The normalized spacial score (nSPS) is 11.2. The van der Waals surface area contributed by atoms with Crippen LogP contribution < -0.4 is 5.30 Å². The van der Waals surface area contributed by atoms with Crippen molar-refractivity contribution in [3.05, 3.63) is 23.0 Å². The zero-order valence-corrected chi connectivity index (χ0v) is 10.0. The van der Waals surface area contributed by atoms with E-state index in [9.17, 15) is 14.4 Å². The second kappa shape index (κ2) is 4.75. The SMILES string of the molecule is CCc1c(P(=O)(O)O)cnc(C#N)c1CC. The smallest absolute Gasteiger partial charge is 0.321 e. The Morgan fingerprint density at radius 1 is 1.38 bits per heavy atom. The first-order valence-corrected chi connectivity index (χ1v) is 6.53. The van der Waals surface area contributed by atoms with Crippen molar-refractivity contribution in [2.24, 2.45) is 0 Å². The fourth-order valence-electron chi connectivity index (χ4n) is 1.70. The van der Waals surface area contributed by atoms with Crippen LogP contribution in [0.25, 0.3) is 0 Å². The predicted octanol–water partition coefficient (Wildman–Crippen LogP) is 0.881. The van der Waals surface area contributed by atoms with Crippen molar-refractivity contribution in [3.63, 3.8) is 0 Å².